The van der Waals surface area contributed by atoms with Crippen LogP contribution in [0.3, 0.4) is 0 Å². The van der Waals surface area contributed by atoms with Crippen molar-refractivity contribution in [2.75, 3.05) is 7.11 Å². The number of halogens is 1. The third kappa shape index (κ3) is 5.73. The minimum Gasteiger partial charge on any atom is -0.493 e. The van der Waals surface area contributed by atoms with Crippen LogP contribution < -0.4 is 14.8 Å². The van der Waals surface area contributed by atoms with E-state index in [0.29, 0.717) is 36.2 Å². The van der Waals surface area contributed by atoms with Gasteiger partial charge in [0.2, 0.25) is 0 Å². The van der Waals surface area contributed by atoms with Crippen LogP contribution in [-0.4, -0.2) is 18.2 Å². The van der Waals surface area contributed by atoms with E-state index in [2.05, 4.69) is 5.32 Å². The van der Waals surface area contributed by atoms with Crippen LogP contribution in [0, 0.1) is 0 Å². The highest BCUT2D eigenvalue weighted by atomic mass is 35.5. The van der Waals surface area contributed by atoms with Gasteiger partial charge in [0.05, 0.1) is 12.7 Å². The average Bonchev–Trinajstić information content (AvgIpc) is 2.74. The first-order valence-electron chi connectivity index (χ1n) is 9.13. The first-order valence-corrected chi connectivity index (χ1v) is 9.50. The summed E-state index contributed by atoms with van der Waals surface area (Å²) in [5.41, 5.74) is 3.26. The zero-order chi connectivity index (χ0) is 20.6. The van der Waals surface area contributed by atoms with Gasteiger partial charge in [-0.3, -0.25) is 0 Å². The summed E-state index contributed by atoms with van der Waals surface area (Å²) in [7, 11) is 1.61. The standard InChI is InChI=1S/C23H22ClNO4/c1-28-22-12-17(14-25-13-16-6-9-18(10-7-16)23(26)27)8-11-21(22)29-15-19-4-2-3-5-20(19)24/h2-12,25H,13-15H2,1H3,(H,26,27). The van der Waals surface area contributed by atoms with Gasteiger partial charge in [0.15, 0.2) is 11.5 Å². The van der Waals surface area contributed by atoms with Crippen LogP contribution in [-0.2, 0) is 19.7 Å². The van der Waals surface area contributed by atoms with E-state index in [9.17, 15) is 4.79 Å². The van der Waals surface area contributed by atoms with Gasteiger partial charge in [-0.15, -0.1) is 0 Å². The molecule has 0 spiro atoms. The molecule has 0 amide bonds. The summed E-state index contributed by atoms with van der Waals surface area (Å²) in [6.07, 6.45) is 0. The number of ether oxygens (including phenoxy) is 2. The largest absolute Gasteiger partial charge is 0.493 e. The Balaban J connectivity index is 1.56. The van der Waals surface area contributed by atoms with Gasteiger partial charge < -0.3 is 19.9 Å². The number of hydrogen-bond donors (Lipinski definition) is 2. The Hall–Kier alpha value is -3.02. The predicted octanol–water partition coefficient (Wildman–Crippen LogP) is 4.92. The molecule has 3 aromatic carbocycles. The first-order chi connectivity index (χ1) is 14.1. The minimum absolute atomic E-state index is 0.283. The molecule has 0 radical (unpaired) electrons. The summed E-state index contributed by atoms with van der Waals surface area (Å²) in [5, 5.41) is 13.0. The lowest BCUT2D eigenvalue weighted by Gasteiger charge is -2.13. The minimum atomic E-state index is -0.923. The van der Waals surface area contributed by atoms with Crippen molar-refractivity contribution in [1.29, 1.82) is 0 Å². The second-order valence-electron chi connectivity index (χ2n) is 6.47. The Morgan fingerprint density at radius 3 is 2.34 bits per heavy atom. The number of aromatic carboxylic acids is 1. The zero-order valence-electron chi connectivity index (χ0n) is 16.0. The molecule has 2 N–H and O–H groups in total. The number of carboxylic acid groups (broad SMARTS) is 1. The SMILES string of the molecule is COc1cc(CNCc2ccc(C(=O)O)cc2)ccc1OCc1ccccc1Cl. The molecule has 5 nitrogen and oxygen atoms in total. The molecule has 3 rings (SSSR count). The number of hydrogen-bond acceptors (Lipinski definition) is 4. The predicted molar refractivity (Wildman–Crippen MR) is 113 cm³/mol. The first kappa shape index (κ1) is 20.7. The number of carboxylic acids is 1. The third-order valence-corrected chi connectivity index (χ3v) is 4.80. The maximum absolute atomic E-state index is 10.9. The monoisotopic (exact) mass is 411 g/mol. The van der Waals surface area contributed by atoms with Crippen LogP contribution in [0.25, 0.3) is 0 Å². The van der Waals surface area contributed by atoms with Crippen LogP contribution in [0.1, 0.15) is 27.0 Å². The normalized spacial score (nSPS) is 10.6. The van der Waals surface area contributed by atoms with Gasteiger partial charge >= 0.3 is 5.97 Å². The van der Waals surface area contributed by atoms with E-state index in [1.54, 1.807) is 19.2 Å². The van der Waals surface area contributed by atoms with Gasteiger partial charge in [0.25, 0.3) is 0 Å². The lowest BCUT2D eigenvalue weighted by atomic mass is 10.1. The highest BCUT2D eigenvalue weighted by Gasteiger charge is 2.08. The van der Waals surface area contributed by atoms with Gasteiger partial charge in [-0.05, 0) is 41.5 Å². The maximum Gasteiger partial charge on any atom is 0.335 e. The van der Waals surface area contributed by atoms with Gasteiger partial charge in [-0.2, -0.15) is 0 Å². The second kappa shape index (κ2) is 9.96. The zero-order valence-corrected chi connectivity index (χ0v) is 16.8. The summed E-state index contributed by atoms with van der Waals surface area (Å²) >= 11 is 6.17. The van der Waals surface area contributed by atoms with Gasteiger partial charge in [0.1, 0.15) is 6.61 Å². The smallest absolute Gasteiger partial charge is 0.335 e. The van der Waals surface area contributed by atoms with Crippen molar-refractivity contribution in [3.63, 3.8) is 0 Å². The Labute approximate surface area is 174 Å². The third-order valence-electron chi connectivity index (χ3n) is 4.43. The van der Waals surface area contributed by atoms with E-state index < -0.39 is 5.97 Å². The lowest BCUT2D eigenvalue weighted by Crippen LogP contribution is -2.13. The summed E-state index contributed by atoms with van der Waals surface area (Å²) in [5.74, 6) is 0.385. The van der Waals surface area contributed by atoms with Crippen molar-refractivity contribution >= 4 is 17.6 Å². The number of benzene rings is 3. The van der Waals surface area contributed by atoms with E-state index in [-0.39, 0.29) is 5.56 Å². The van der Waals surface area contributed by atoms with Crippen LogP contribution in [0.5, 0.6) is 11.5 Å². The number of carbonyl (C=O) groups is 1. The molecular weight excluding hydrogens is 390 g/mol. The molecule has 0 aliphatic heterocycles. The number of rotatable bonds is 9. The number of nitrogens with one attached hydrogen (secondary N) is 1. The maximum atomic E-state index is 10.9. The lowest BCUT2D eigenvalue weighted by molar-refractivity contribution is 0.0697. The second-order valence-corrected chi connectivity index (χ2v) is 6.88. The van der Waals surface area contributed by atoms with Crippen LogP contribution in [0.4, 0.5) is 0 Å². The van der Waals surface area contributed by atoms with Crippen molar-refractivity contribution in [2.24, 2.45) is 0 Å². The number of methoxy groups -OCH3 is 1. The molecule has 0 fully saturated rings. The molecule has 150 valence electrons. The molecule has 0 aromatic heterocycles. The molecule has 3 aromatic rings. The molecule has 0 heterocycles. The molecule has 0 atom stereocenters. The van der Waals surface area contributed by atoms with E-state index in [4.69, 9.17) is 26.2 Å². The highest BCUT2D eigenvalue weighted by Crippen LogP contribution is 2.29. The van der Waals surface area contributed by atoms with E-state index in [1.807, 2.05) is 54.6 Å². The molecule has 0 saturated heterocycles. The van der Waals surface area contributed by atoms with Crippen molar-refractivity contribution in [2.45, 2.75) is 19.7 Å². The molecular formula is C23H22ClNO4. The average molecular weight is 412 g/mol. The topological polar surface area (TPSA) is 67.8 Å². The molecule has 0 unspecified atom stereocenters. The Morgan fingerprint density at radius 1 is 0.966 bits per heavy atom. The Morgan fingerprint density at radius 2 is 1.66 bits per heavy atom. The fraction of sp³-hybridized carbons (Fsp3) is 0.174. The molecule has 0 aliphatic carbocycles. The van der Waals surface area contributed by atoms with Crippen LogP contribution in [0.2, 0.25) is 5.02 Å². The van der Waals surface area contributed by atoms with Crippen molar-refractivity contribution < 1.29 is 19.4 Å². The molecule has 0 saturated carbocycles. The van der Waals surface area contributed by atoms with Crippen molar-refractivity contribution in [3.8, 4) is 11.5 Å². The molecule has 6 heteroatoms. The van der Waals surface area contributed by atoms with E-state index in [0.717, 1.165) is 16.7 Å². The van der Waals surface area contributed by atoms with E-state index in [1.165, 1.54) is 0 Å². The van der Waals surface area contributed by atoms with Crippen molar-refractivity contribution in [3.05, 3.63) is 94.0 Å². The summed E-state index contributed by atoms with van der Waals surface area (Å²) in [4.78, 5) is 10.9. The quantitative estimate of drug-likeness (QED) is 0.523. The summed E-state index contributed by atoms with van der Waals surface area (Å²) in [6, 6.07) is 20.2. The Bertz CT molecular complexity index is 973. The molecule has 0 bridgehead atoms. The van der Waals surface area contributed by atoms with Gasteiger partial charge in [-0.1, -0.05) is 48.0 Å². The van der Waals surface area contributed by atoms with Gasteiger partial charge in [0, 0.05) is 23.7 Å². The molecule has 0 aliphatic rings. The molecule has 29 heavy (non-hydrogen) atoms. The van der Waals surface area contributed by atoms with Crippen LogP contribution in [0.15, 0.2) is 66.7 Å². The van der Waals surface area contributed by atoms with Crippen LogP contribution >= 0.6 is 11.6 Å². The summed E-state index contributed by atoms with van der Waals surface area (Å²) < 4.78 is 11.3. The Kier molecular flexibility index (Phi) is 7.11. The van der Waals surface area contributed by atoms with E-state index >= 15 is 0 Å². The van der Waals surface area contributed by atoms with Crippen molar-refractivity contribution in [1.82, 2.24) is 5.32 Å². The summed E-state index contributed by atoms with van der Waals surface area (Å²) in [6.45, 7) is 1.63. The highest BCUT2D eigenvalue weighted by molar-refractivity contribution is 6.31. The van der Waals surface area contributed by atoms with Gasteiger partial charge in [-0.25, -0.2) is 4.79 Å². The fourth-order valence-corrected chi connectivity index (χ4v) is 3.02. The fourth-order valence-electron chi connectivity index (χ4n) is 2.83.